The summed E-state index contributed by atoms with van der Waals surface area (Å²) >= 11 is 0. The number of benzene rings is 1. The Labute approximate surface area is 118 Å². The van der Waals surface area contributed by atoms with Gasteiger partial charge in [-0.1, -0.05) is 12.1 Å². The van der Waals surface area contributed by atoms with E-state index in [0.29, 0.717) is 6.42 Å². The molecular weight excluding hydrogens is 258 g/mol. The van der Waals surface area contributed by atoms with E-state index in [-0.39, 0.29) is 24.7 Å². The molecule has 1 rings (SSSR count). The minimum atomic E-state index is -0.523. The number of ether oxygens (including phenoxy) is 1. The van der Waals surface area contributed by atoms with E-state index in [2.05, 4.69) is 5.32 Å². The highest BCUT2D eigenvalue weighted by molar-refractivity contribution is 5.94. The lowest BCUT2D eigenvalue weighted by molar-refractivity contribution is -0.146. The maximum atomic E-state index is 11.7. The van der Waals surface area contributed by atoms with Gasteiger partial charge in [0.1, 0.15) is 12.2 Å². The van der Waals surface area contributed by atoms with Gasteiger partial charge in [0.25, 0.3) is 0 Å². The molecule has 0 aliphatic carbocycles. The molecular formula is C15H21NO4. The summed E-state index contributed by atoms with van der Waals surface area (Å²) < 4.78 is 4.73. The number of hydrogen-bond donors (Lipinski definition) is 2. The first kappa shape index (κ1) is 16.0. The van der Waals surface area contributed by atoms with Crippen molar-refractivity contribution < 1.29 is 19.4 Å². The van der Waals surface area contributed by atoms with Gasteiger partial charge in [-0.2, -0.15) is 0 Å². The summed E-state index contributed by atoms with van der Waals surface area (Å²) in [5.41, 5.74) is 0.504. The highest BCUT2D eigenvalue weighted by Gasteiger charge is 2.22. The van der Waals surface area contributed by atoms with Crippen molar-refractivity contribution in [1.82, 2.24) is 5.32 Å². The van der Waals surface area contributed by atoms with E-state index >= 15 is 0 Å². The highest BCUT2D eigenvalue weighted by atomic mass is 16.5. The summed E-state index contributed by atoms with van der Waals surface area (Å²) in [7, 11) is 0. The zero-order valence-corrected chi connectivity index (χ0v) is 12.1. The first-order chi connectivity index (χ1) is 9.32. The molecule has 0 saturated heterocycles. The number of carbonyl (C=O) groups is 2. The van der Waals surface area contributed by atoms with Crippen LogP contribution in [0.15, 0.2) is 24.3 Å². The quantitative estimate of drug-likeness (QED) is 0.615. The molecule has 1 amide bonds. The second-order valence-electron chi connectivity index (χ2n) is 5.26. The number of nitrogens with one attached hydrogen (secondary N) is 1. The minimum absolute atomic E-state index is 0.206. The van der Waals surface area contributed by atoms with Crippen LogP contribution in [0.4, 0.5) is 0 Å². The van der Waals surface area contributed by atoms with E-state index in [1.165, 1.54) is 0 Å². The van der Waals surface area contributed by atoms with Gasteiger partial charge in [-0.15, -0.1) is 0 Å². The average molecular weight is 279 g/mol. The summed E-state index contributed by atoms with van der Waals surface area (Å²) in [6.07, 6.45) is 0.328. The second kappa shape index (κ2) is 6.93. The predicted molar refractivity (Wildman–Crippen MR) is 75.3 cm³/mol. The zero-order valence-electron chi connectivity index (χ0n) is 12.1. The van der Waals surface area contributed by atoms with Crippen LogP contribution in [0.2, 0.25) is 0 Å². The van der Waals surface area contributed by atoms with Crippen molar-refractivity contribution in [3.8, 4) is 5.75 Å². The van der Waals surface area contributed by atoms with Gasteiger partial charge < -0.3 is 15.2 Å². The molecule has 0 bridgehead atoms. The summed E-state index contributed by atoms with van der Waals surface area (Å²) in [6.45, 7) is 5.72. The van der Waals surface area contributed by atoms with Crippen LogP contribution < -0.4 is 5.32 Å². The van der Waals surface area contributed by atoms with Crippen LogP contribution in [-0.4, -0.2) is 29.1 Å². The van der Waals surface area contributed by atoms with E-state index in [1.807, 2.05) is 13.8 Å². The standard InChI is InChI=1S/C15H21NO4/c1-4-20-14(19)9-13(18)16-15(2,3)10-11-5-7-12(17)8-6-11/h5-8,17H,4,9-10H2,1-3H3,(H,16,18). The summed E-state index contributed by atoms with van der Waals surface area (Å²) in [5.74, 6) is -0.671. The molecule has 0 unspecified atom stereocenters. The number of esters is 1. The number of rotatable bonds is 6. The Balaban J connectivity index is 2.54. The first-order valence-electron chi connectivity index (χ1n) is 6.57. The van der Waals surface area contributed by atoms with Gasteiger partial charge in [0.2, 0.25) is 5.91 Å². The smallest absolute Gasteiger partial charge is 0.315 e. The number of amides is 1. The molecule has 0 aliphatic rings. The van der Waals surface area contributed by atoms with E-state index in [1.54, 1.807) is 31.2 Å². The lowest BCUT2D eigenvalue weighted by atomic mass is 9.94. The van der Waals surface area contributed by atoms with Crippen LogP contribution in [0.1, 0.15) is 32.8 Å². The monoisotopic (exact) mass is 279 g/mol. The van der Waals surface area contributed by atoms with Gasteiger partial charge in [-0.25, -0.2) is 0 Å². The normalized spacial score (nSPS) is 10.9. The molecule has 0 heterocycles. The van der Waals surface area contributed by atoms with Gasteiger partial charge in [-0.05, 0) is 44.9 Å². The van der Waals surface area contributed by atoms with Gasteiger partial charge in [0, 0.05) is 5.54 Å². The molecule has 0 aliphatic heterocycles. The van der Waals surface area contributed by atoms with Crippen LogP contribution in [-0.2, 0) is 20.7 Å². The average Bonchev–Trinajstić information content (AvgIpc) is 2.31. The van der Waals surface area contributed by atoms with Gasteiger partial charge in [0.15, 0.2) is 0 Å². The molecule has 0 fully saturated rings. The third-order valence-corrected chi connectivity index (χ3v) is 2.67. The molecule has 0 radical (unpaired) electrons. The lowest BCUT2D eigenvalue weighted by Crippen LogP contribution is -2.45. The number of phenols is 1. The van der Waals surface area contributed by atoms with Crippen LogP contribution in [0, 0.1) is 0 Å². The third-order valence-electron chi connectivity index (χ3n) is 2.67. The molecule has 110 valence electrons. The highest BCUT2D eigenvalue weighted by Crippen LogP contribution is 2.16. The van der Waals surface area contributed by atoms with Crippen LogP contribution >= 0.6 is 0 Å². The maximum absolute atomic E-state index is 11.7. The summed E-state index contributed by atoms with van der Waals surface area (Å²) in [6, 6.07) is 6.81. The van der Waals surface area contributed by atoms with Crippen molar-refractivity contribution in [1.29, 1.82) is 0 Å². The predicted octanol–water partition coefficient (Wildman–Crippen LogP) is 1.78. The number of carbonyl (C=O) groups excluding carboxylic acids is 2. The van der Waals surface area contributed by atoms with Crippen molar-refractivity contribution in [3.05, 3.63) is 29.8 Å². The van der Waals surface area contributed by atoms with Crippen LogP contribution in [0.5, 0.6) is 5.75 Å². The largest absolute Gasteiger partial charge is 0.508 e. The summed E-state index contributed by atoms with van der Waals surface area (Å²) in [5, 5.41) is 12.0. The lowest BCUT2D eigenvalue weighted by Gasteiger charge is -2.26. The Morgan fingerprint density at radius 3 is 2.40 bits per heavy atom. The molecule has 0 spiro atoms. The van der Waals surface area contributed by atoms with Crippen LogP contribution in [0.3, 0.4) is 0 Å². The van der Waals surface area contributed by atoms with E-state index in [9.17, 15) is 14.7 Å². The topological polar surface area (TPSA) is 75.6 Å². The fourth-order valence-electron chi connectivity index (χ4n) is 1.93. The van der Waals surface area contributed by atoms with Crippen molar-refractivity contribution in [2.75, 3.05) is 6.61 Å². The second-order valence-corrected chi connectivity index (χ2v) is 5.26. The molecule has 1 aromatic rings. The Bertz CT molecular complexity index is 465. The van der Waals surface area contributed by atoms with Gasteiger partial charge in [0.05, 0.1) is 6.61 Å². The molecule has 1 aromatic carbocycles. The first-order valence-corrected chi connectivity index (χ1v) is 6.57. The molecule has 5 heteroatoms. The zero-order chi connectivity index (χ0) is 15.2. The number of hydrogen-bond acceptors (Lipinski definition) is 4. The molecule has 2 N–H and O–H groups in total. The fraction of sp³-hybridized carbons (Fsp3) is 0.467. The van der Waals surface area contributed by atoms with E-state index in [4.69, 9.17) is 4.74 Å². The maximum Gasteiger partial charge on any atom is 0.315 e. The molecule has 0 aromatic heterocycles. The minimum Gasteiger partial charge on any atom is -0.508 e. The Morgan fingerprint density at radius 2 is 1.85 bits per heavy atom. The van der Waals surface area contributed by atoms with Gasteiger partial charge >= 0.3 is 5.97 Å². The summed E-state index contributed by atoms with van der Waals surface area (Å²) in [4.78, 5) is 23.0. The molecule has 0 atom stereocenters. The van der Waals surface area contributed by atoms with E-state index in [0.717, 1.165) is 5.56 Å². The van der Waals surface area contributed by atoms with Crippen molar-refractivity contribution >= 4 is 11.9 Å². The fourth-order valence-corrected chi connectivity index (χ4v) is 1.93. The van der Waals surface area contributed by atoms with E-state index < -0.39 is 11.5 Å². The van der Waals surface area contributed by atoms with Gasteiger partial charge in [-0.3, -0.25) is 9.59 Å². The van der Waals surface area contributed by atoms with Crippen LogP contribution in [0.25, 0.3) is 0 Å². The molecule has 5 nitrogen and oxygen atoms in total. The number of aromatic hydroxyl groups is 1. The Hall–Kier alpha value is -2.04. The Kier molecular flexibility index (Phi) is 5.55. The third kappa shape index (κ3) is 5.73. The van der Waals surface area contributed by atoms with Crippen molar-refractivity contribution in [3.63, 3.8) is 0 Å². The molecule has 20 heavy (non-hydrogen) atoms. The van der Waals surface area contributed by atoms with Crippen molar-refractivity contribution in [2.24, 2.45) is 0 Å². The number of phenolic OH excluding ortho intramolecular Hbond substituents is 1. The van der Waals surface area contributed by atoms with Crippen molar-refractivity contribution in [2.45, 2.75) is 39.2 Å². The SMILES string of the molecule is CCOC(=O)CC(=O)NC(C)(C)Cc1ccc(O)cc1. The Morgan fingerprint density at radius 1 is 1.25 bits per heavy atom. The molecule has 0 saturated carbocycles.